The normalized spacial score (nSPS) is 16.4. The van der Waals surface area contributed by atoms with Crippen LogP contribution in [0.4, 0.5) is 5.69 Å². The highest BCUT2D eigenvalue weighted by Gasteiger charge is 2.25. The number of nitrogens with zero attached hydrogens (tertiary/aromatic N) is 3. The number of nitrogens with one attached hydrogen (secondary N) is 1. The number of methoxy groups -OCH3 is 1. The Balaban J connectivity index is 1.02. The number of hydrogen-bond acceptors (Lipinski definition) is 6. The molecule has 8 nitrogen and oxygen atoms in total. The van der Waals surface area contributed by atoms with Gasteiger partial charge in [-0.25, -0.2) is 0 Å². The second-order valence-corrected chi connectivity index (χ2v) is 12.0. The lowest BCUT2D eigenvalue weighted by molar-refractivity contribution is 0.0746. The van der Waals surface area contributed by atoms with Crippen LogP contribution in [0.2, 0.25) is 10.0 Å². The van der Waals surface area contributed by atoms with E-state index in [1.54, 1.807) is 37.4 Å². The molecule has 2 fully saturated rings. The third kappa shape index (κ3) is 6.77. The van der Waals surface area contributed by atoms with Crippen LogP contribution >= 0.6 is 23.2 Å². The molecule has 0 spiro atoms. The van der Waals surface area contributed by atoms with E-state index in [0.29, 0.717) is 47.4 Å². The smallest absolute Gasteiger partial charge is 0.287 e. The van der Waals surface area contributed by atoms with Gasteiger partial charge in [-0.15, -0.1) is 0 Å². The van der Waals surface area contributed by atoms with Crippen LogP contribution in [0.5, 0.6) is 5.75 Å². The molecular formula is C33H34Cl2N4O4. The number of halogens is 2. The van der Waals surface area contributed by atoms with Gasteiger partial charge in [-0.2, -0.15) is 0 Å². The average molecular weight is 622 g/mol. The van der Waals surface area contributed by atoms with Crippen molar-refractivity contribution in [3.05, 3.63) is 93.7 Å². The Hall–Kier alpha value is -3.72. The highest BCUT2D eigenvalue weighted by molar-refractivity contribution is 6.36. The van der Waals surface area contributed by atoms with Gasteiger partial charge in [0.15, 0.2) is 5.76 Å². The topological polar surface area (TPSA) is 78.3 Å². The first-order chi connectivity index (χ1) is 20.9. The van der Waals surface area contributed by atoms with Crippen molar-refractivity contribution in [3.63, 3.8) is 0 Å². The zero-order valence-electron chi connectivity index (χ0n) is 24.0. The molecule has 224 valence electrons. The van der Waals surface area contributed by atoms with E-state index < -0.39 is 0 Å². The van der Waals surface area contributed by atoms with Crippen LogP contribution in [0.3, 0.4) is 0 Å². The van der Waals surface area contributed by atoms with E-state index in [-0.39, 0.29) is 23.6 Å². The average Bonchev–Trinajstić information content (AvgIpc) is 3.46. The van der Waals surface area contributed by atoms with Crippen molar-refractivity contribution in [2.45, 2.75) is 25.4 Å². The van der Waals surface area contributed by atoms with Gasteiger partial charge in [0.05, 0.1) is 17.8 Å². The van der Waals surface area contributed by atoms with Crippen LogP contribution < -0.4 is 15.0 Å². The minimum absolute atomic E-state index is 0.0441. The molecule has 3 heterocycles. The Morgan fingerprint density at radius 1 is 0.907 bits per heavy atom. The number of piperazine rings is 1. The van der Waals surface area contributed by atoms with Gasteiger partial charge < -0.3 is 24.3 Å². The summed E-state index contributed by atoms with van der Waals surface area (Å²) in [5.74, 6) is 0.842. The van der Waals surface area contributed by atoms with Gasteiger partial charge >= 0.3 is 0 Å². The lowest BCUT2D eigenvalue weighted by Crippen LogP contribution is -2.48. The molecular weight excluding hydrogens is 587 g/mol. The second-order valence-electron chi connectivity index (χ2n) is 11.1. The largest absolute Gasteiger partial charge is 0.497 e. The molecule has 10 heteroatoms. The Kier molecular flexibility index (Phi) is 8.79. The van der Waals surface area contributed by atoms with Crippen molar-refractivity contribution < 1.29 is 18.7 Å². The molecule has 0 atom stereocenters. The van der Waals surface area contributed by atoms with Gasteiger partial charge in [-0.1, -0.05) is 35.3 Å². The number of carbonyl (C=O) groups is 2. The van der Waals surface area contributed by atoms with E-state index in [0.717, 1.165) is 49.3 Å². The maximum Gasteiger partial charge on any atom is 0.287 e. The van der Waals surface area contributed by atoms with E-state index in [2.05, 4.69) is 27.2 Å². The zero-order valence-corrected chi connectivity index (χ0v) is 25.5. The SMILES string of the molecule is COc1ccc(CN2CCC(NC(=O)c3cc4cc(C(=O)N5CCN(c6ccc(Cl)cc6Cl)CC5)ccc4o3)CC2)cc1. The first-order valence-corrected chi connectivity index (χ1v) is 15.3. The fraction of sp³-hybridized carbons (Fsp3) is 0.333. The Morgan fingerprint density at radius 3 is 2.35 bits per heavy atom. The van der Waals surface area contributed by atoms with Crippen molar-refractivity contribution in [2.24, 2.45) is 0 Å². The quantitative estimate of drug-likeness (QED) is 0.269. The Morgan fingerprint density at radius 2 is 1.65 bits per heavy atom. The fourth-order valence-corrected chi connectivity index (χ4v) is 6.37. The predicted molar refractivity (Wildman–Crippen MR) is 170 cm³/mol. The van der Waals surface area contributed by atoms with Crippen molar-refractivity contribution >= 4 is 51.7 Å². The van der Waals surface area contributed by atoms with Crippen molar-refractivity contribution in [3.8, 4) is 5.75 Å². The summed E-state index contributed by atoms with van der Waals surface area (Å²) in [6.45, 7) is 5.19. The zero-order chi connectivity index (χ0) is 29.9. The molecule has 0 bridgehead atoms. The van der Waals surface area contributed by atoms with Crippen molar-refractivity contribution in [1.29, 1.82) is 0 Å². The molecule has 43 heavy (non-hydrogen) atoms. The van der Waals surface area contributed by atoms with Crippen molar-refractivity contribution in [1.82, 2.24) is 15.1 Å². The van der Waals surface area contributed by atoms with E-state index >= 15 is 0 Å². The molecule has 0 unspecified atom stereocenters. The molecule has 3 aromatic carbocycles. The Bertz CT molecular complexity index is 1610. The van der Waals surface area contributed by atoms with Crippen LogP contribution in [-0.2, 0) is 6.54 Å². The standard InChI is InChI=1S/C33H34Cl2N4O4/c1-42-27-6-2-22(3-7-27)21-37-12-10-26(11-13-37)36-32(40)31-19-24-18-23(4-9-30(24)43-31)33(41)39-16-14-38(15-17-39)29-8-5-25(34)20-28(29)35/h2-9,18-20,26H,10-17,21H2,1H3,(H,36,40). The molecule has 0 saturated carbocycles. The van der Waals surface area contributed by atoms with Gasteiger partial charge in [-0.3, -0.25) is 14.5 Å². The van der Waals surface area contributed by atoms with Crippen LogP contribution in [0.15, 0.2) is 71.1 Å². The van der Waals surface area contributed by atoms with Gasteiger partial charge in [0.2, 0.25) is 0 Å². The number of benzene rings is 3. The van der Waals surface area contributed by atoms with Crippen LogP contribution in [0.1, 0.15) is 39.3 Å². The van der Waals surface area contributed by atoms with Gasteiger partial charge in [-0.05, 0) is 73.0 Å². The number of likely N-dealkylation sites (tertiary alicyclic amines) is 1. The summed E-state index contributed by atoms with van der Waals surface area (Å²) >= 11 is 12.4. The molecule has 2 aliphatic rings. The number of rotatable bonds is 7. The first-order valence-electron chi connectivity index (χ1n) is 14.6. The number of amides is 2. The lowest BCUT2D eigenvalue weighted by atomic mass is 10.0. The second kappa shape index (κ2) is 12.9. The molecule has 2 saturated heterocycles. The number of hydrogen-bond donors (Lipinski definition) is 1. The molecule has 0 aliphatic carbocycles. The van der Waals surface area contributed by atoms with Gasteiger partial charge in [0, 0.05) is 67.8 Å². The summed E-state index contributed by atoms with van der Waals surface area (Å²) in [7, 11) is 1.67. The highest BCUT2D eigenvalue weighted by atomic mass is 35.5. The third-order valence-corrected chi connectivity index (χ3v) is 8.83. The molecule has 4 aromatic rings. The minimum Gasteiger partial charge on any atom is -0.497 e. The summed E-state index contributed by atoms with van der Waals surface area (Å²) in [5.41, 5.74) is 3.32. The van der Waals surface area contributed by atoms with Gasteiger partial charge in [0.25, 0.3) is 11.8 Å². The molecule has 0 radical (unpaired) electrons. The molecule has 1 N–H and O–H groups in total. The van der Waals surface area contributed by atoms with Crippen LogP contribution in [-0.4, -0.2) is 74.0 Å². The summed E-state index contributed by atoms with van der Waals surface area (Å²) in [6.07, 6.45) is 1.75. The Labute approximate surface area is 261 Å². The predicted octanol–water partition coefficient (Wildman–Crippen LogP) is 6.11. The third-order valence-electron chi connectivity index (χ3n) is 8.29. The summed E-state index contributed by atoms with van der Waals surface area (Å²) in [6, 6.07) is 20.8. The summed E-state index contributed by atoms with van der Waals surface area (Å²) in [5, 5.41) is 5.07. The molecule has 1 aromatic heterocycles. The minimum atomic E-state index is -0.227. The number of ether oxygens (including phenoxy) is 1. The van der Waals surface area contributed by atoms with E-state index in [1.165, 1.54) is 5.56 Å². The maximum absolute atomic E-state index is 13.3. The van der Waals surface area contributed by atoms with E-state index in [9.17, 15) is 9.59 Å². The number of piperidine rings is 1. The summed E-state index contributed by atoms with van der Waals surface area (Å²) in [4.78, 5) is 32.8. The maximum atomic E-state index is 13.3. The van der Waals surface area contributed by atoms with Crippen molar-refractivity contribution in [2.75, 3.05) is 51.3 Å². The number of furan rings is 1. The molecule has 6 rings (SSSR count). The van der Waals surface area contributed by atoms with E-state index in [1.807, 2.05) is 29.2 Å². The number of fused-ring (bicyclic) bond motifs is 1. The number of anilines is 1. The van der Waals surface area contributed by atoms with E-state index in [4.69, 9.17) is 32.4 Å². The monoisotopic (exact) mass is 620 g/mol. The number of carbonyl (C=O) groups excluding carboxylic acids is 2. The molecule has 2 aliphatic heterocycles. The highest BCUT2D eigenvalue weighted by Crippen LogP contribution is 2.30. The fourth-order valence-electron chi connectivity index (χ4n) is 5.84. The lowest BCUT2D eigenvalue weighted by Gasteiger charge is -2.36. The first kappa shape index (κ1) is 29.4. The molecule has 2 amide bonds. The van der Waals surface area contributed by atoms with Gasteiger partial charge in [0.1, 0.15) is 11.3 Å². The van der Waals surface area contributed by atoms with Crippen LogP contribution in [0.25, 0.3) is 11.0 Å². The van der Waals surface area contributed by atoms with Crippen LogP contribution in [0, 0.1) is 0 Å². The summed E-state index contributed by atoms with van der Waals surface area (Å²) < 4.78 is 11.1.